The SMILES string of the molecule is C[C@]12C=CC(=O)C=C1CC[C@H]1[C@H]2[C@@H](O)C[C@]2(C)/C(=C\CO)CC[C@H]12. The Hall–Kier alpha value is -1.19. The Morgan fingerprint density at radius 1 is 1.29 bits per heavy atom. The Balaban J connectivity index is 1.74. The first-order valence-electron chi connectivity index (χ1n) is 9.33. The van der Waals surface area contributed by atoms with Crippen molar-refractivity contribution in [1.29, 1.82) is 0 Å². The zero-order valence-electron chi connectivity index (χ0n) is 14.7. The molecule has 0 aromatic rings. The maximum absolute atomic E-state index is 11.8. The van der Waals surface area contributed by atoms with E-state index in [2.05, 4.69) is 19.9 Å². The minimum absolute atomic E-state index is 0.0229. The summed E-state index contributed by atoms with van der Waals surface area (Å²) in [7, 11) is 0. The van der Waals surface area contributed by atoms with E-state index in [-0.39, 0.29) is 35.2 Å². The zero-order valence-corrected chi connectivity index (χ0v) is 14.7. The summed E-state index contributed by atoms with van der Waals surface area (Å²) in [4.78, 5) is 11.8. The zero-order chi connectivity index (χ0) is 17.1. The summed E-state index contributed by atoms with van der Waals surface area (Å²) in [5.41, 5.74) is 2.40. The number of carbonyl (C=O) groups excluding carboxylic acids is 1. The number of hydrogen-bond acceptors (Lipinski definition) is 3. The number of carbonyl (C=O) groups is 1. The minimum Gasteiger partial charge on any atom is -0.393 e. The number of rotatable bonds is 1. The van der Waals surface area contributed by atoms with Gasteiger partial charge in [0.25, 0.3) is 0 Å². The van der Waals surface area contributed by atoms with E-state index in [1.165, 1.54) is 11.1 Å². The van der Waals surface area contributed by atoms with Crippen LogP contribution in [0.2, 0.25) is 0 Å². The molecule has 0 radical (unpaired) electrons. The van der Waals surface area contributed by atoms with Crippen LogP contribution >= 0.6 is 0 Å². The van der Waals surface area contributed by atoms with Crippen molar-refractivity contribution in [1.82, 2.24) is 0 Å². The second-order valence-electron chi connectivity index (χ2n) is 8.66. The number of hydrogen-bond donors (Lipinski definition) is 2. The smallest absolute Gasteiger partial charge is 0.178 e. The van der Waals surface area contributed by atoms with Crippen LogP contribution in [0.25, 0.3) is 0 Å². The topological polar surface area (TPSA) is 57.5 Å². The van der Waals surface area contributed by atoms with Gasteiger partial charge in [-0.1, -0.05) is 37.1 Å². The molecule has 3 fully saturated rings. The fraction of sp³-hybridized carbons (Fsp3) is 0.667. The van der Waals surface area contributed by atoms with E-state index in [9.17, 15) is 15.0 Å². The van der Waals surface area contributed by atoms with Crippen molar-refractivity contribution in [2.75, 3.05) is 6.61 Å². The van der Waals surface area contributed by atoms with Crippen molar-refractivity contribution < 1.29 is 15.0 Å². The van der Waals surface area contributed by atoms with Crippen LogP contribution in [0.4, 0.5) is 0 Å². The van der Waals surface area contributed by atoms with Gasteiger partial charge in [-0.3, -0.25) is 4.79 Å². The van der Waals surface area contributed by atoms with Crippen LogP contribution in [0.15, 0.2) is 35.5 Å². The molecule has 4 aliphatic carbocycles. The minimum atomic E-state index is -0.358. The maximum atomic E-state index is 11.8. The van der Waals surface area contributed by atoms with E-state index in [0.29, 0.717) is 11.8 Å². The van der Waals surface area contributed by atoms with Crippen LogP contribution < -0.4 is 0 Å². The molecule has 6 atom stereocenters. The van der Waals surface area contributed by atoms with Crippen molar-refractivity contribution in [3.63, 3.8) is 0 Å². The predicted molar refractivity (Wildman–Crippen MR) is 93.2 cm³/mol. The lowest BCUT2D eigenvalue weighted by Crippen LogP contribution is -2.55. The third-order valence-corrected chi connectivity index (χ3v) is 7.68. The van der Waals surface area contributed by atoms with Gasteiger partial charge in [-0.05, 0) is 61.5 Å². The normalized spacial score (nSPS) is 48.8. The second-order valence-corrected chi connectivity index (χ2v) is 8.66. The lowest BCUT2D eigenvalue weighted by molar-refractivity contribution is -0.112. The van der Waals surface area contributed by atoms with Gasteiger partial charge < -0.3 is 10.2 Å². The number of aliphatic hydroxyl groups excluding tert-OH is 2. The van der Waals surface area contributed by atoms with Crippen molar-refractivity contribution in [2.45, 2.75) is 52.1 Å². The Morgan fingerprint density at radius 3 is 2.83 bits per heavy atom. The highest BCUT2D eigenvalue weighted by molar-refractivity contribution is 6.01. The summed E-state index contributed by atoms with van der Waals surface area (Å²) in [6.45, 7) is 4.60. The van der Waals surface area contributed by atoms with E-state index in [1.807, 2.05) is 12.2 Å². The fourth-order valence-corrected chi connectivity index (χ4v) is 6.62. The van der Waals surface area contributed by atoms with E-state index in [0.717, 1.165) is 32.1 Å². The molecule has 0 unspecified atom stereocenters. The van der Waals surface area contributed by atoms with Gasteiger partial charge in [0.1, 0.15) is 0 Å². The maximum Gasteiger partial charge on any atom is 0.178 e. The van der Waals surface area contributed by atoms with Crippen LogP contribution in [0.5, 0.6) is 0 Å². The average molecular weight is 328 g/mol. The summed E-state index contributed by atoms with van der Waals surface area (Å²) in [5.74, 6) is 1.36. The van der Waals surface area contributed by atoms with Crippen molar-refractivity contribution in [3.05, 3.63) is 35.5 Å². The molecule has 0 aliphatic heterocycles. The van der Waals surface area contributed by atoms with Gasteiger partial charge in [-0.25, -0.2) is 0 Å². The van der Waals surface area contributed by atoms with E-state index in [1.54, 1.807) is 6.08 Å². The first-order chi connectivity index (χ1) is 11.4. The third-order valence-electron chi connectivity index (χ3n) is 7.68. The number of allylic oxidation sites excluding steroid dienone is 5. The number of ketones is 1. The van der Waals surface area contributed by atoms with Crippen LogP contribution in [0.1, 0.15) is 46.0 Å². The highest BCUT2D eigenvalue weighted by Crippen LogP contribution is 2.65. The summed E-state index contributed by atoms with van der Waals surface area (Å²) in [5, 5.41) is 20.5. The molecule has 0 saturated heterocycles. The van der Waals surface area contributed by atoms with Gasteiger partial charge in [-0.2, -0.15) is 0 Å². The second kappa shape index (κ2) is 5.40. The monoisotopic (exact) mass is 328 g/mol. The van der Waals surface area contributed by atoms with Crippen molar-refractivity contribution in [2.24, 2.45) is 28.6 Å². The molecule has 24 heavy (non-hydrogen) atoms. The molecular weight excluding hydrogens is 300 g/mol. The molecule has 4 rings (SSSR count). The Bertz CT molecular complexity index is 658. The molecule has 0 heterocycles. The molecule has 0 aromatic carbocycles. The van der Waals surface area contributed by atoms with Gasteiger partial charge in [0, 0.05) is 11.3 Å². The Kier molecular flexibility index (Phi) is 3.67. The molecule has 0 bridgehead atoms. The highest BCUT2D eigenvalue weighted by Gasteiger charge is 2.60. The van der Waals surface area contributed by atoms with Gasteiger partial charge in [-0.15, -0.1) is 0 Å². The molecule has 0 spiro atoms. The lowest BCUT2D eigenvalue weighted by Gasteiger charge is -2.58. The summed E-state index contributed by atoms with van der Waals surface area (Å²) in [6, 6.07) is 0. The van der Waals surface area contributed by atoms with Crippen LogP contribution in [-0.2, 0) is 4.79 Å². The standard InChI is InChI=1S/C21H28O3/c1-20-9-7-15(23)11-14(20)3-5-16-17-6-4-13(8-10-22)21(17,2)12-18(24)19(16)20/h7-9,11,16-19,22,24H,3-6,10,12H2,1-2H3/b13-8-/t16-,17-,18+,19+,20+,21-/m1/s1. The highest BCUT2D eigenvalue weighted by atomic mass is 16.3. The lowest BCUT2D eigenvalue weighted by atomic mass is 9.47. The summed E-state index contributed by atoms with van der Waals surface area (Å²) < 4.78 is 0. The molecule has 0 aromatic heterocycles. The van der Waals surface area contributed by atoms with Gasteiger partial charge >= 0.3 is 0 Å². The molecule has 3 heteroatoms. The van der Waals surface area contributed by atoms with Gasteiger partial charge in [0.2, 0.25) is 0 Å². The predicted octanol–water partition coefficient (Wildman–Crippen LogP) is 3.18. The molecule has 0 amide bonds. The summed E-state index contributed by atoms with van der Waals surface area (Å²) >= 11 is 0. The number of aliphatic hydroxyl groups is 2. The largest absolute Gasteiger partial charge is 0.393 e. The third kappa shape index (κ3) is 2.07. The van der Waals surface area contributed by atoms with E-state index >= 15 is 0 Å². The quantitative estimate of drug-likeness (QED) is 0.727. The van der Waals surface area contributed by atoms with E-state index in [4.69, 9.17) is 0 Å². The van der Waals surface area contributed by atoms with Crippen molar-refractivity contribution in [3.8, 4) is 0 Å². The molecular formula is C21H28O3. The number of fused-ring (bicyclic) bond motifs is 5. The van der Waals surface area contributed by atoms with Crippen LogP contribution in [0.3, 0.4) is 0 Å². The van der Waals surface area contributed by atoms with Gasteiger partial charge in [0.05, 0.1) is 12.7 Å². The van der Waals surface area contributed by atoms with Crippen LogP contribution in [-0.4, -0.2) is 28.7 Å². The van der Waals surface area contributed by atoms with E-state index < -0.39 is 0 Å². The molecule has 130 valence electrons. The molecule has 4 aliphatic rings. The average Bonchev–Trinajstić information content (AvgIpc) is 2.84. The first kappa shape index (κ1) is 16.3. The molecule has 3 saturated carbocycles. The van der Waals surface area contributed by atoms with Crippen molar-refractivity contribution >= 4 is 5.78 Å². The van der Waals surface area contributed by atoms with Crippen LogP contribution in [0, 0.1) is 28.6 Å². The summed E-state index contributed by atoms with van der Waals surface area (Å²) in [6.07, 6.45) is 12.2. The Labute approximate surface area is 144 Å². The fourth-order valence-electron chi connectivity index (χ4n) is 6.62. The molecule has 2 N–H and O–H groups in total. The Morgan fingerprint density at radius 2 is 2.08 bits per heavy atom. The molecule has 3 nitrogen and oxygen atoms in total. The first-order valence-corrected chi connectivity index (χ1v) is 9.33. The van der Waals surface area contributed by atoms with Gasteiger partial charge in [0.15, 0.2) is 5.78 Å².